The van der Waals surface area contributed by atoms with E-state index in [0.717, 1.165) is 0 Å². The van der Waals surface area contributed by atoms with Gasteiger partial charge < -0.3 is 14.9 Å². The third-order valence-electron chi connectivity index (χ3n) is 2.21. The van der Waals surface area contributed by atoms with Crippen LogP contribution in [0.1, 0.15) is 18.9 Å². The van der Waals surface area contributed by atoms with Crippen LogP contribution in [-0.4, -0.2) is 23.3 Å². The number of aliphatic hydroxyl groups is 1. The Morgan fingerprint density at radius 1 is 1.40 bits per heavy atom. The largest absolute Gasteiger partial charge is 0.497 e. The number of ether oxygens (including phenoxy) is 1. The van der Waals surface area contributed by atoms with Gasteiger partial charge in [0.1, 0.15) is 5.75 Å². The van der Waals surface area contributed by atoms with Gasteiger partial charge in [-0.25, -0.2) is 0 Å². The lowest BCUT2D eigenvalue weighted by molar-refractivity contribution is -0.142. The van der Waals surface area contributed by atoms with E-state index < -0.39 is 11.6 Å². The summed E-state index contributed by atoms with van der Waals surface area (Å²) >= 11 is 0. The third-order valence-corrected chi connectivity index (χ3v) is 2.21. The van der Waals surface area contributed by atoms with Crippen LogP contribution in [0.4, 0.5) is 0 Å². The first kappa shape index (κ1) is 11.5. The molecule has 0 radical (unpaired) electrons. The molecule has 0 spiro atoms. The lowest BCUT2D eigenvalue weighted by atomic mass is 9.93. The second kappa shape index (κ2) is 4.31. The topological polar surface area (TPSA) is 66.8 Å². The van der Waals surface area contributed by atoms with Gasteiger partial charge in [-0.15, -0.1) is 0 Å². The second-order valence-corrected chi connectivity index (χ2v) is 3.57. The van der Waals surface area contributed by atoms with E-state index in [1.165, 1.54) is 6.92 Å². The van der Waals surface area contributed by atoms with Crippen LogP contribution in [0.25, 0.3) is 0 Å². The molecule has 0 saturated carbocycles. The van der Waals surface area contributed by atoms with E-state index in [1.807, 2.05) is 0 Å². The molecular weight excluding hydrogens is 196 g/mol. The molecule has 1 aromatic carbocycles. The van der Waals surface area contributed by atoms with E-state index in [1.54, 1.807) is 31.4 Å². The predicted molar refractivity (Wildman–Crippen MR) is 54.8 cm³/mol. The molecule has 0 fully saturated rings. The zero-order chi connectivity index (χ0) is 11.5. The number of hydrogen-bond donors (Lipinski definition) is 2. The van der Waals surface area contributed by atoms with Crippen molar-refractivity contribution in [2.45, 2.75) is 18.9 Å². The van der Waals surface area contributed by atoms with E-state index in [2.05, 4.69) is 0 Å². The molecule has 4 nitrogen and oxygen atoms in total. The van der Waals surface area contributed by atoms with E-state index >= 15 is 0 Å². The van der Waals surface area contributed by atoms with Crippen LogP contribution in [0, 0.1) is 0 Å². The number of carboxylic acid groups (broad SMARTS) is 1. The minimum atomic E-state index is -1.35. The highest BCUT2D eigenvalue weighted by molar-refractivity contribution is 5.68. The Hall–Kier alpha value is -1.55. The Balaban J connectivity index is 2.89. The van der Waals surface area contributed by atoms with Gasteiger partial charge in [0, 0.05) is 0 Å². The van der Waals surface area contributed by atoms with Crippen molar-refractivity contribution in [1.82, 2.24) is 0 Å². The molecule has 15 heavy (non-hydrogen) atoms. The SMILES string of the molecule is COc1ccc(C(C)(O)CC(=O)O)cc1. The highest BCUT2D eigenvalue weighted by atomic mass is 16.5. The minimum absolute atomic E-state index is 0.320. The number of carbonyl (C=O) groups is 1. The molecule has 1 unspecified atom stereocenters. The summed E-state index contributed by atoms with van der Waals surface area (Å²) in [5, 5.41) is 18.5. The Morgan fingerprint density at radius 3 is 2.33 bits per heavy atom. The molecule has 0 bridgehead atoms. The monoisotopic (exact) mass is 210 g/mol. The molecule has 0 aliphatic carbocycles. The van der Waals surface area contributed by atoms with Crippen molar-refractivity contribution >= 4 is 5.97 Å². The van der Waals surface area contributed by atoms with Crippen molar-refractivity contribution < 1.29 is 19.7 Å². The summed E-state index contributed by atoms with van der Waals surface area (Å²) in [6, 6.07) is 6.68. The van der Waals surface area contributed by atoms with Gasteiger partial charge in [-0.3, -0.25) is 4.79 Å². The Labute approximate surface area is 88.1 Å². The molecule has 0 amide bonds. The summed E-state index contributed by atoms with van der Waals surface area (Å²) in [6.07, 6.45) is -0.320. The molecule has 0 aliphatic heterocycles. The molecule has 0 heterocycles. The van der Waals surface area contributed by atoms with Crippen molar-refractivity contribution in [2.24, 2.45) is 0 Å². The number of hydrogen-bond acceptors (Lipinski definition) is 3. The molecule has 4 heteroatoms. The molecule has 0 aromatic heterocycles. The first-order valence-electron chi connectivity index (χ1n) is 4.54. The average molecular weight is 210 g/mol. The average Bonchev–Trinajstić information content (AvgIpc) is 2.16. The van der Waals surface area contributed by atoms with Crippen molar-refractivity contribution in [2.75, 3.05) is 7.11 Å². The van der Waals surface area contributed by atoms with Crippen molar-refractivity contribution in [3.8, 4) is 5.75 Å². The lowest BCUT2D eigenvalue weighted by Gasteiger charge is -2.21. The highest BCUT2D eigenvalue weighted by Crippen LogP contribution is 2.26. The van der Waals surface area contributed by atoms with Crippen LogP contribution in [0.15, 0.2) is 24.3 Å². The first-order chi connectivity index (χ1) is 6.95. The third kappa shape index (κ3) is 2.95. The Morgan fingerprint density at radius 2 is 1.93 bits per heavy atom. The van der Waals surface area contributed by atoms with E-state index in [4.69, 9.17) is 9.84 Å². The van der Waals surface area contributed by atoms with Crippen LogP contribution in [0.3, 0.4) is 0 Å². The lowest BCUT2D eigenvalue weighted by Crippen LogP contribution is -2.24. The van der Waals surface area contributed by atoms with Gasteiger partial charge in [0.25, 0.3) is 0 Å². The standard InChI is InChI=1S/C11H14O4/c1-11(14,7-10(12)13)8-3-5-9(15-2)6-4-8/h3-6,14H,7H2,1-2H3,(H,12,13). The van der Waals surface area contributed by atoms with Gasteiger partial charge in [-0.05, 0) is 24.6 Å². The Kier molecular flexibility index (Phi) is 3.31. The molecule has 82 valence electrons. The number of benzene rings is 1. The zero-order valence-electron chi connectivity index (χ0n) is 8.73. The number of carboxylic acids is 1. The second-order valence-electron chi connectivity index (χ2n) is 3.57. The van der Waals surface area contributed by atoms with Crippen molar-refractivity contribution in [3.63, 3.8) is 0 Å². The van der Waals surface area contributed by atoms with Crippen molar-refractivity contribution in [3.05, 3.63) is 29.8 Å². The van der Waals surface area contributed by atoms with Crippen LogP contribution in [-0.2, 0) is 10.4 Å². The van der Waals surface area contributed by atoms with Gasteiger partial charge in [-0.2, -0.15) is 0 Å². The van der Waals surface area contributed by atoms with E-state index in [0.29, 0.717) is 11.3 Å². The van der Waals surface area contributed by atoms with Crippen LogP contribution < -0.4 is 4.74 Å². The fraction of sp³-hybridized carbons (Fsp3) is 0.364. The van der Waals surface area contributed by atoms with Crippen molar-refractivity contribution in [1.29, 1.82) is 0 Å². The molecule has 0 saturated heterocycles. The van der Waals surface area contributed by atoms with Crippen LogP contribution in [0.5, 0.6) is 5.75 Å². The van der Waals surface area contributed by atoms with E-state index in [-0.39, 0.29) is 6.42 Å². The van der Waals surface area contributed by atoms with Gasteiger partial charge in [0.15, 0.2) is 0 Å². The smallest absolute Gasteiger partial charge is 0.306 e. The van der Waals surface area contributed by atoms with Gasteiger partial charge in [-0.1, -0.05) is 12.1 Å². The summed E-state index contributed by atoms with van der Waals surface area (Å²) in [5.41, 5.74) is -0.788. The van der Waals surface area contributed by atoms with Gasteiger partial charge in [0.05, 0.1) is 19.1 Å². The fourth-order valence-corrected chi connectivity index (χ4v) is 1.35. The molecule has 1 aromatic rings. The maximum absolute atomic E-state index is 10.5. The normalized spacial score (nSPS) is 14.3. The fourth-order valence-electron chi connectivity index (χ4n) is 1.35. The molecular formula is C11H14O4. The van der Waals surface area contributed by atoms with Gasteiger partial charge in [0.2, 0.25) is 0 Å². The molecule has 2 N–H and O–H groups in total. The summed E-state index contributed by atoms with van der Waals surface area (Å²) in [6.45, 7) is 1.48. The quantitative estimate of drug-likeness (QED) is 0.787. The maximum Gasteiger partial charge on any atom is 0.306 e. The first-order valence-corrected chi connectivity index (χ1v) is 4.54. The summed E-state index contributed by atoms with van der Waals surface area (Å²) < 4.78 is 4.96. The van der Waals surface area contributed by atoms with Crippen LogP contribution >= 0.6 is 0 Å². The number of methoxy groups -OCH3 is 1. The molecule has 0 aliphatic rings. The number of rotatable bonds is 4. The molecule has 1 rings (SSSR count). The summed E-state index contributed by atoms with van der Waals surface area (Å²) in [5.74, 6) is -0.360. The number of aliphatic carboxylic acids is 1. The predicted octanol–water partition coefficient (Wildman–Crippen LogP) is 1.38. The summed E-state index contributed by atoms with van der Waals surface area (Å²) in [4.78, 5) is 10.5. The minimum Gasteiger partial charge on any atom is -0.497 e. The summed E-state index contributed by atoms with van der Waals surface area (Å²) in [7, 11) is 1.55. The molecule has 1 atom stereocenters. The van der Waals surface area contributed by atoms with Gasteiger partial charge >= 0.3 is 5.97 Å². The Bertz CT molecular complexity index is 340. The maximum atomic E-state index is 10.5. The zero-order valence-corrected chi connectivity index (χ0v) is 8.73. The highest BCUT2D eigenvalue weighted by Gasteiger charge is 2.26. The van der Waals surface area contributed by atoms with E-state index in [9.17, 15) is 9.90 Å². The van der Waals surface area contributed by atoms with Crippen LogP contribution in [0.2, 0.25) is 0 Å².